The molecular formula is C11H9Cl2NO2S. The molecule has 6 heteroatoms. The van der Waals surface area contributed by atoms with E-state index in [9.17, 15) is 9.59 Å². The van der Waals surface area contributed by atoms with Gasteiger partial charge in [-0.2, -0.15) is 0 Å². The number of rotatable bonds is 4. The number of alkyl halides is 2. The predicted octanol–water partition coefficient (Wildman–Crippen LogP) is 2.78. The summed E-state index contributed by atoms with van der Waals surface area (Å²) in [6.45, 7) is 0. The molecule has 1 heterocycles. The highest BCUT2D eigenvalue weighted by Crippen LogP contribution is 2.31. The van der Waals surface area contributed by atoms with Crippen LogP contribution in [0.2, 0.25) is 0 Å². The summed E-state index contributed by atoms with van der Waals surface area (Å²) >= 11 is 12.5. The SMILES string of the molecule is O=C1c2ccccc2C(=O)N1SC(CCl)CCl. The maximum Gasteiger partial charge on any atom is 0.271 e. The van der Waals surface area contributed by atoms with Gasteiger partial charge in [0.2, 0.25) is 0 Å². The van der Waals surface area contributed by atoms with Crippen molar-refractivity contribution < 1.29 is 9.59 Å². The largest absolute Gasteiger partial charge is 0.271 e. The number of nitrogens with zero attached hydrogens (tertiary/aromatic N) is 1. The van der Waals surface area contributed by atoms with Gasteiger partial charge in [-0.25, -0.2) is 4.31 Å². The van der Waals surface area contributed by atoms with Crippen LogP contribution in [0.5, 0.6) is 0 Å². The van der Waals surface area contributed by atoms with Gasteiger partial charge >= 0.3 is 0 Å². The third-order valence-electron chi connectivity index (χ3n) is 2.36. The minimum absolute atomic E-state index is 0.152. The van der Waals surface area contributed by atoms with Crippen LogP contribution in [0.25, 0.3) is 0 Å². The fourth-order valence-corrected chi connectivity index (χ4v) is 2.98. The Morgan fingerprint density at radius 1 is 1.06 bits per heavy atom. The highest BCUT2D eigenvalue weighted by atomic mass is 35.5. The number of halogens is 2. The van der Waals surface area contributed by atoms with Gasteiger partial charge in [0.25, 0.3) is 11.8 Å². The van der Waals surface area contributed by atoms with E-state index in [4.69, 9.17) is 23.2 Å². The van der Waals surface area contributed by atoms with Crippen LogP contribution in [-0.4, -0.2) is 33.1 Å². The third-order valence-corrected chi connectivity index (χ3v) is 4.64. The molecule has 0 N–H and O–H groups in total. The van der Waals surface area contributed by atoms with Crippen LogP contribution in [0.4, 0.5) is 0 Å². The van der Waals surface area contributed by atoms with Crippen LogP contribution in [-0.2, 0) is 0 Å². The normalized spacial score (nSPS) is 14.6. The van der Waals surface area contributed by atoms with Crippen LogP contribution in [0.15, 0.2) is 24.3 Å². The van der Waals surface area contributed by atoms with Crippen molar-refractivity contribution in [3.05, 3.63) is 35.4 Å². The first-order valence-corrected chi connectivity index (χ1v) is 6.86. The summed E-state index contributed by atoms with van der Waals surface area (Å²) in [5, 5.41) is -0.152. The van der Waals surface area contributed by atoms with Gasteiger partial charge in [-0.15, -0.1) is 23.2 Å². The van der Waals surface area contributed by atoms with Crippen LogP contribution < -0.4 is 0 Å². The Labute approximate surface area is 113 Å². The molecule has 0 atom stereocenters. The van der Waals surface area contributed by atoms with Crippen LogP contribution in [0.3, 0.4) is 0 Å². The smallest absolute Gasteiger partial charge is 0.268 e. The van der Waals surface area contributed by atoms with Crippen molar-refractivity contribution in [3.63, 3.8) is 0 Å². The summed E-state index contributed by atoms with van der Waals surface area (Å²) in [7, 11) is 0. The second-order valence-electron chi connectivity index (χ2n) is 3.49. The van der Waals surface area contributed by atoms with Crippen molar-refractivity contribution in [2.75, 3.05) is 11.8 Å². The number of amides is 2. The molecule has 1 aliphatic rings. The fourth-order valence-electron chi connectivity index (χ4n) is 1.51. The van der Waals surface area contributed by atoms with E-state index in [1.165, 1.54) is 0 Å². The van der Waals surface area contributed by atoms with Crippen molar-refractivity contribution in [3.8, 4) is 0 Å². The molecule has 1 aliphatic heterocycles. The van der Waals surface area contributed by atoms with Gasteiger partial charge in [0.05, 0.1) is 16.4 Å². The standard InChI is InChI=1S/C11H9Cl2NO2S/c12-5-7(6-13)17-14-10(15)8-3-1-2-4-9(8)11(14)16/h1-4,7H,5-6H2. The van der Waals surface area contributed by atoms with Gasteiger partial charge in [-0.05, 0) is 24.1 Å². The van der Waals surface area contributed by atoms with Crippen molar-refractivity contribution in [2.45, 2.75) is 5.25 Å². The van der Waals surface area contributed by atoms with E-state index in [2.05, 4.69) is 0 Å². The number of benzene rings is 1. The molecule has 1 aromatic rings. The lowest BCUT2D eigenvalue weighted by atomic mass is 10.1. The monoisotopic (exact) mass is 289 g/mol. The molecule has 2 rings (SSSR count). The molecule has 0 saturated heterocycles. The summed E-state index contributed by atoms with van der Waals surface area (Å²) in [5.41, 5.74) is 0.876. The van der Waals surface area contributed by atoms with Gasteiger partial charge in [-0.1, -0.05) is 12.1 Å². The highest BCUT2D eigenvalue weighted by Gasteiger charge is 2.37. The zero-order valence-corrected chi connectivity index (χ0v) is 11.1. The van der Waals surface area contributed by atoms with E-state index in [-0.39, 0.29) is 17.1 Å². The lowest BCUT2D eigenvalue weighted by Crippen LogP contribution is -2.27. The first-order valence-electron chi connectivity index (χ1n) is 4.95. The molecule has 3 nitrogen and oxygen atoms in total. The average Bonchev–Trinajstić information content (AvgIpc) is 2.61. The summed E-state index contributed by atoms with van der Waals surface area (Å²) < 4.78 is 1.14. The summed E-state index contributed by atoms with van der Waals surface area (Å²) in [4.78, 5) is 23.9. The summed E-state index contributed by atoms with van der Waals surface area (Å²) in [5.74, 6) is -0.00460. The Bertz CT molecular complexity index is 428. The number of hydrogen-bond acceptors (Lipinski definition) is 3. The van der Waals surface area contributed by atoms with E-state index in [0.717, 1.165) is 16.3 Å². The molecular weight excluding hydrogens is 281 g/mol. The molecule has 90 valence electrons. The molecule has 0 spiro atoms. The van der Waals surface area contributed by atoms with Crippen LogP contribution in [0, 0.1) is 0 Å². The Morgan fingerprint density at radius 3 is 1.94 bits per heavy atom. The van der Waals surface area contributed by atoms with Gasteiger partial charge in [0.15, 0.2) is 0 Å². The maximum absolute atomic E-state index is 12.0. The molecule has 0 aliphatic carbocycles. The zero-order chi connectivity index (χ0) is 12.4. The molecule has 2 amide bonds. The molecule has 0 saturated carbocycles. The van der Waals surface area contributed by atoms with Crippen molar-refractivity contribution in [1.29, 1.82) is 0 Å². The molecule has 0 fully saturated rings. The van der Waals surface area contributed by atoms with E-state index >= 15 is 0 Å². The minimum Gasteiger partial charge on any atom is -0.268 e. The van der Waals surface area contributed by atoms with E-state index < -0.39 is 0 Å². The average molecular weight is 290 g/mol. The summed E-state index contributed by atoms with van der Waals surface area (Å²) in [6, 6.07) is 6.76. The second-order valence-corrected chi connectivity index (χ2v) is 5.35. The molecule has 0 bridgehead atoms. The first-order chi connectivity index (χ1) is 8.19. The number of carbonyl (C=O) groups excluding carboxylic acids is 2. The van der Waals surface area contributed by atoms with Crippen molar-refractivity contribution >= 4 is 47.0 Å². The van der Waals surface area contributed by atoms with Gasteiger partial charge in [-0.3, -0.25) is 9.59 Å². The second kappa shape index (κ2) is 5.29. The highest BCUT2D eigenvalue weighted by molar-refractivity contribution is 7.98. The van der Waals surface area contributed by atoms with Crippen LogP contribution in [0.1, 0.15) is 20.7 Å². The Balaban J connectivity index is 2.24. The molecule has 0 radical (unpaired) electrons. The summed E-state index contributed by atoms with van der Waals surface area (Å²) in [6.07, 6.45) is 0. The third kappa shape index (κ3) is 2.30. The Morgan fingerprint density at radius 2 is 1.53 bits per heavy atom. The van der Waals surface area contributed by atoms with E-state index in [1.807, 2.05) is 0 Å². The Hall–Kier alpha value is -0.710. The predicted molar refractivity (Wildman–Crippen MR) is 69.8 cm³/mol. The van der Waals surface area contributed by atoms with Crippen molar-refractivity contribution in [2.24, 2.45) is 0 Å². The molecule has 0 aromatic heterocycles. The molecule has 1 aromatic carbocycles. The zero-order valence-electron chi connectivity index (χ0n) is 8.73. The van der Waals surface area contributed by atoms with Crippen LogP contribution >= 0.6 is 35.1 Å². The molecule has 17 heavy (non-hydrogen) atoms. The quantitative estimate of drug-likeness (QED) is 0.486. The molecule has 0 unspecified atom stereocenters. The number of imide groups is 1. The fraction of sp³-hybridized carbons (Fsp3) is 0.273. The van der Waals surface area contributed by atoms with Crippen molar-refractivity contribution in [1.82, 2.24) is 4.31 Å². The van der Waals surface area contributed by atoms with Gasteiger partial charge in [0, 0.05) is 11.8 Å². The van der Waals surface area contributed by atoms with E-state index in [0.29, 0.717) is 22.9 Å². The van der Waals surface area contributed by atoms with Gasteiger partial charge in [0.1, 0.15) is 0 Å². The lowest BCUT2D eigenvalue weighted by molar-refractivity contribution is 0.0776. The Kier molecular flexibility index (Phi) is 3.97. The number of hydrogen-bond donors (Lipinski definition) is 0. The topological polar surface area (TPSA) is 37.4 Å². The van der Waals surface area contributed by atoms with Gasteiger partial charge < -0.3 is 0 Å². The first kappa shape index (κ1) is 12.7. The maximum atomic E-state index is 12.0. The number of carbonyl (C=O) groups is 2. The lowest BCUT2D eigenvalue weighted by Gasteiger charge is -2.17. The van der Waals surface area contributed by atoms with E-state index in [1.54, 1.807) is 24.3 Å². The minimum atomic E-state index is -0.296. The number of fused-ring (bicyclic) bond motifs is 1.